The van der Waals surface area contributed by atoms with E-state index < -0.39 is 0 Å². The minimum atomic E-state index is 0.842. The lowest BCUT2D eigenvalue weighted by molar-refractivity contribution is 0.210. The van der Waals surface area contributed by atoms with Gasteiger partial charge in [-0.15, -0.1) is 0 Å². The van der Waals surface area contributed by atoms with Gasteiger partial charge in [0.05, 0.1) is 6.20 Å². The SMILES string of the molecule is CCCN(CCc1cnn(C)c1)CC1CCCNC1. The monoisotopic (exact) mass is 264 g/mol. The van der Waals surface area contributed by atoms with E-state index in [1.165, 1.54) is 51.0 Å². The molecule has 0 radical (unpaired) electrons. The van der Waals surface area contributed by atoms with Gasteiger partial charge >= 0.3 is 0 Å². The van der Waals surface area contributed by atoms with Crippen molar-refractivity contribution in [2.45, 2.75) is 32.6 Å². The van der Waals surface area contributed by atoms with Crippen molar-refractivity contribution in [3.8, 4) is 0 Å². The molecule has 4 nitrogen and oxygen atoms in total. The number of aryl methyl sites for hydroxylation is 1. The van der Waals surface area contributed by atoms with Crippen LogP contribution in [0.5, 0.6) is 0 Å². The average Bonchev–Trinajstić information content (AvgIpc) is 2.83. The summed E-state index contributed by atoms with van der Waals surface area (Å²) in [7, 11) is 1.99. The molecule has 1 atom stereocenters. The molecule has 108 valence electrons. The Morgan fingerprint density at radius 2 is 2.37 bits per heavy atom. The lowest BCUT2D eigenvalue weighted by Gasteiger charge is -2.29. The van der Waals surface area contributed by atoms with Gasteiger partial charge in [-0.25, -0.2) is 0 Å². The molecule has 1 aromatic rings. The first-order valence-corrected chi connectivity index (χ1v) is 7.68. The van der Waals surface area contributed by atoms with Crippen molar-refractivity contribution in [3.63, 3.8) is 0 Å². The number of nitrogens with zero attached hydrogens (tertiary/aromatic N) is 3. The third kappa shape index (κ3) is 4.96. The molecule has 0 aliphatic carbocycles. The Balaban J connectivity index is 1.77. The van der Waals surface area contributed by atoms with Gasteiger partial charge in [-0.1, -0.05) is 6.92 Å². The maximum absolute atomic E-state index is 4.24. The summed E-state index contributed by atoms with van der Waals surface area (Å²) in [6.07, 6.45) is 9.22. The summed E-state index contributed by atoms with van der Waals surface area (Å²) in [4.78, 5) is 2.63. The van der Waals surface area contributed by atoms with Gasteiger partial charge in [0.25, 0.3) is 0 Å². The quantitative estimate of drug-likeness (QED) is 0.813. The van der Waals surface area contributed by atoms with Crippen LogP contribution in [0.2, 0.25) is 0 Å². The molecule has 2 heterocycles. The molecule has 1 saturated heterocycles. The van der Waals surface area contributed by atoms with E-state index >= 15 is 0 Å². The molecule has 4 heteroatoms. The lowest BCUT2D eigenvalue weighted by atomic mass is 9.99. The zero-order valence-corrected chi connectivity index (χ0v) is 12.4. The Kier molecular flexibility index (Phi) is 5.86. The molecule has 1 aliphatic heterocycles. The summed E-state index contributed by atoms with van der Waals surface area (Å²) in [5.41, 5.74) is 1.35. The fraction of sp³-hybridized carbons (Fsp3) is 0.800. The highest BCUT2D eigenvalue weighted by atomic mass is 15.2. The van der Waals surface area contributed by atoms with Gasteiger partial charge in [0.2, 0.25) is 0 Å². The normalized spacial score (nSPS) is 20.1. The molecule has 1 fully saturated rings. The predicted molar refractivity (Wildman–Crippen MR) is 79.2 cm³/mol. The van der Waals surface area contributed by atoms with E-state index in [1.54, 1.807) is 0 Å². The maximum Gasteiger partial charge on any atom is 0.0522 e. The Morgan fingerprint density at radius 3 is 3.00 bits per heavy atom. The van der Waals surface area contributed by atoms with Gasteiger partial charge in [0, 0.05) is 26.3 Å². The fourth-order valence-corrected chi connectivity index (χ4v) is 2.94. The second-order valence-electron chi connectivity index (χ2n) is 5.79. The fourth-order valence-electron chi connectivity index (χ4n) is 2.94. The molecule has 19 heavy (non-hydrogen) atoms. The van der Waals surface area contributed by atoms with Crippen molar-refractivity contribution in [1.82, 2.24) is 20.0 Å². The van der Waals surface area contributed by atoms with Gasteiger partial charge in [0.15, 0.2) is 0 Å². The van der Waals surface area contributed by atoms with Gasteiger partial charge in [0.1, 0.15) is 0 Å². The van der Waals surface area contributed by atoms with E-state index in [0.29, 0.717) is 0 Å². The third-order valence-corrected chi connectivity index (χ3v) is 3.93. The zero-order chi connectivity index (χ0) is 13.5. The Labute approximate surface area is 117 Å². The van der Waals surface area contributed by atoms with Crippen molar-refractivity contribution in [2.75, 3.05) is 32.7 Å². The second-order valence-corrected chi connectivity index (χ2v) is 5.79. The average molecular weight is 264 g/mol. The Hall–Kier alpha value is -0.870. The highest BCUT2D eigenvalue weighted by Gasteiger charge is 2.16. The van der Waals surface area contributed by atoms with Crippen LogP contribution in [-0.4, -0.2) is 47.4 Å². The highest BCUT2D eigenvalue weighted by molar-refractivity contribution is 5.04. The molecule has 0 bridgehead atoms. The van der Waals surface area contributed by atoms with E-state index in [0.717, 1.165) is 18.9 Å². The molecule has 1 aliphatic rings. The van der Waals surface area contributed by atoms with E-state index in [9.17, 15) is 0 Å². The number of hydrogen-bond donors (Lipinski definition) is 1. The summed E-state index contributed by atoms with van der Waals surface area (Å²) in [6.45, 7) is 8.32. The van der Waals surface area contributed by atoms with Crippen LogP contribution in [0.1, 0.15) is 31.7 Å². The first kappa shape index (κ1) is 14.5. The number of nitrogens with one attached hydrogen (secondary N) is 1. The van der Waals surface area contributed by atoms with Crippen molar-refractivity contribution in [3.05, 3.63) is 18.0 Å². The maximum atomic E-state index is 4.24. The van der Waals surface area contributed by atoms with Gasteiger partial charge < -0.3 is 10.2 Å². The minimum Gasteiger partial charge on any atom is -0.316 e. The van der Waals surface area contributed by atoms with Crippen LogP contribution in [0.25, 0.3) is 0 Å². The van der Waals surface area contributed by atoms with Crippen molar-refractivity contribution >= 4 is 0 Å². The standard InChI is InChI=1S/C15H28N4/c1-3-8-19(13-14-5-4-7-16-10-14)9-6-15-11-17-18(2)12-15/h11-12,14,16H,3-10,13H2,1-2H3. The number of piperidine rings is 1. The van der Waals surface area contributed by atoms with E-state index in [-0.39, 0.29) is 0 Å². The molecule has 1 unspecified atom stereocenters. The smallest absolute Gasteiger partial charge is 0.0522 e. The van der Waals surface area contributed by atoms with Crippen LogP contribution in [0, 0.1) is 5.92 Å². The predicted octanol–water partition coefficient (Wildman–Crippen LogP) is 1.67. The van der Waals surface area contributed by atoms with Gasteiger partial charge in [-0.05, 0) is 56.8 Å². The van der Waals surface area contributed by atoms with Crippen LogP contribution in [0.4, 0.5) is 0 Å². The van der Waals surface area contributed by atoms with Crippen LogP contribution in [0.3, 0.4) is 0 Å². The molecule has 2 rings (SSSR count). The molecular weight excluding hydrogens is 236 g/mol. The molecule has 1 aromatic heterocycles. The third-order valence-electron chi connectivity index (χ3n) is 3.93. The molecule has 0 aromatic carbocycles. The van der Waals surface area contributed by atoms with Crippen LogP contribution >= 0.6 is 0 Å². The van der Waals surface area contributed by atoms with Crippen LogP contribution in [-0.2, 0) is 13.5 Å². The number of rotatable bonds is 7. The summed E-state index contributed by atoms with van der Waals surface area (Å²) in [5, 5.41) is 7.76. The highest BCUT2D eigenvalue weighted by Crippen LogP contribution is 2.12. The Morgan fingerprint density at radius 1 is 1.47 bits per heavy atom. The number of hydrogen-bond acceptors (Lipinski definition) is 3. The van der Waals surface area contributed by atoms with Crippen LogP contribution in [0.15, 0.2) is 12.4 Å². The molecule has 0 spiro atoms. The second kappa shape index (κ2) is 7.65. The number of aromatic nitrogens is 2. The summed E-state index contributed by atoms with van der Waals surface area (Å²) in [5.74, 6) is 0.842. The first-order valence-electron chi connectivity index (χ1n) is 7.68. The molecule has 0 amide bonds. The van der Waals surface area contributed by atoms with Crippen LogP contribution < -0.4 is 5.32 Å². The summed E-state index contributed by atoms with van der Waals surface area (Å²) in [6, 6.07) is 0. The van der Waals surface area contributed by atoms with Crippen molar-refractivity contribution < 1.29 is 0 Å². The zero-order valence-electron chi connectivity index (χ0n) is 12.4. The minimum absolute atomic E-state index is 0.842. The molecule has 1 N–H and O–H groups in total. The van der Waals surface area contributed by atoms with Gasteiger partial charge in [-0.3, -0.25) is 4.68 Å². The first-order chi connectivity index (χ1) is 9.28. The van der Waals surface area contributed by atoms with E-state index in [1.807, 2.05) is 17.9 Å². The Bertz CT molecular complexity index is 355. The summed E-state index contributed by atoms with van der Waals surface area (Å²) < 4.78 is 1.89. The van der Waals surface area contributed by atoms with Gasteiger partial charge in [-0.2, -0.15) is 5.10 Å². The lowest BCUT2D eigenvalue weighted by Crippen LogP contribution is -2.39. The molecular formula is C15H28N4. The topological polar surface area (TPSA) is 33.1 Å². The van der Waals surface area contributed by atoms with E-state index in [2.05, 4.69) is 28.4 Å². The molecule has 0 saturated carbocycles. The van der Waals surface area contributed by atoms with E-state index in [4.69, 9.17) is 0 Å². The largest absolute Gasteiger partial charge is 0.316 e. The van der Waals surface area contributed by atoms with Crippen molar-refractivity contribution in [1.29, 1.82) is 0 Å². The summed E-state index contributed by atoms with van der Waals surface area (Å²) >= 11 is 0. The van der Waals surface area contributed by atoms with Crippen molar-refractivity contribution in [2.24, 2.45) is 13.0 Å².